The van der Waals surface area contributed by atoms with E-state index in [0.717, 1.165) is 17.4 Å². The Morgan fingerprint density at radius 1 is 0.762 bits per heavy atom. The molecule has 0 aliphatic rings. The summed E-state index contributed by atoms with van der Waals surface area (Å²) >= 11 is 0. The first kappa shape index (κ1) is 15.5. The maximum atomic E-state index is 12.0. The predicted molar refractivity (Wildman–Crippen MR) is 89.1 cm³/mol. The van der Waals surface area contributed by atoms with Gasteiger partial charge in [-0.2, -0.15) is 0 Å². The fourth-order valence-corrected chi connectivity index (χ4v) is 3.33. The summed E-state index contributed by atoms with van der Waals surface area (Å²) in [5, 5.41) is 0. The van der Waals surface area contributed by atoms with Crippen LogP contribution in [-0.4, -0.2) is 6.29 Å². The van der Waals surface area contributed by atoms with Crippen LogP contribution in [0.15, 0.2) is 30.3 Å². The zero-order valence-corrected chi connectivity index (χ0v) is 13.9. The van der Waals surface area contributed by atoms with E-state index in [9.17, 15) is 4.79 Å². The summed E-state index contributed by atoms with van der Waals surface area (Å²) in [5.74, 6) is 0. The number of hydrogen-bond donors (Lipinski definition) is 0. The quantitative estimate of drug-likeness (QED) is 0.743. The van der Waals surface area contributed by atoms with Crippen molar-refractivity contribution in [2.45, 2.75) is 47.0 Å². The van der Waals surface area contributed by atoms with Gasteiger partial charge >= 0.3 is 0 Å². The number of carbonyl (C=O) groups excluding carboxylic acids is 1. The molecule has 1 heteroatoms. The molecule has 1 nitrogen and oxygen atoms in total. The topological polar surface area (TPSA) is 17.1 Å². The summed E-state index contributed by atoms with van der Waals surface area (Å²) < 4.78 is 0. The molecule has 1 atom stereocenters. The van der Waals surface area contributed by atoms with Gasteiger partial charge in [0.15, 0.2) is 0 Å². The van der Waals surface area contributed by atoms with E-state index in [2.05, 4.69) is 34.6 Å². The second kappa shape index (κ2) is 5.48. The highest BCUT2D eigenvalue weighted by Crippen LogP contribution is 2.38. The van der Waals surface area contributed by atoms with E-state index < -0.39 is 5.41 Å². The molecule has 0 aliphatic heterocycles. The third-order valence-corrected chi connectivity index (χ3v) is 5.13. The molecule has 0 aliphatic carbocycles. The van der Waals surface area contributed by atoms with Gasteiger partial charge in [-0.1, -0.05) is 30.3 Å². The van der Waals surface area contributed by atoms with Crippen LogP contribution in [0.1, 0.15) is 45.9 Å². The molecule has 21 heavy (non-hydrogen) atoms. The maximum absolute atomic E-state index is 12.0. The first-order chi connectivity index (χ1) is 9.84. The highest BCUT2D eigenvalue weighted by Gasteiger charge is 2.33. The zero-order valence-electron chi connectivity index (χ0n) is 13.9. The second-order valence-corrected chi connectivity index (χ2v) is 6.19. The number of rotatable bonds is 3. The lowest BCUT2D eigenvalue weighted by Gasteiger charge is -2.31. The molecular weight excluding hydrogens is 256 g/mol. The number of benzene rings is 2. The van der Waals surface area contributed by atoms with Gasteiger partial charge in [0.2, 0.25) is 0 Å². The van der Waals surface area contributed by atoms with Crippen LogP contribution in [0.5, 0.6) is 0 Å². The molecule has 0 N–H and O–H groups in total. The largest absolute Gasteiger partial charge is 0.302 e. The minimum atomic E-state index is -0.599. The van der Waals surface area contributed by atoms with Crippen LogP contribution in [0.25, 0.3) is 0 Å². The summed E-state index contributed by atoms with van der Waals surface area (Å²) in [5.41, 5.74) is 7.98. The normalized spacial score (nSPS) is 13.8. The number of aldehydes is 1. The van der Waals surface area contributed by atoms with Crippen molar-refractivity contribution < 1.29 is 4.79 Å². The maximum Gasteiger partial charge on any atom is 0.134 e. The molecule has 0 fully saturated rings. The van der Waals surface area contributed by atoms with Crippen LogP contribution in [0.3, 0.4) is 0 Å². The average molecular weight is 280 g/mol. The van der Waals surface area contributed by atoms with Gasteiger partial charge in [-0.3, -0.25) is 0 Å². The number of hydrogen-bond acceptors (Lipinski definition) is 1. The standard InChI is InChI=1S/C20H24O/c1-13-14(2)16(4)19(17(5)15(13)3)20(6,12-21)18-10-8-7-9-11-18/h7-12H,1-6H3. The Labute approximate surface area is 128 Å². The van der Waals surface area contributed by atoms with E-state index in [-0.39, 0.29) is 0 Å². The van der Waals surface area contributed by atoms with E-state index in [1.54, 1.807) is 0 Å². The summed E-state index contributed by atoms with van der Waals surface area (Å²) in [6, 6.07) is 10.1. The molecule has 0 bridgehead atoms. The monoisotopic (exact) mass is 280 g/mol. The van der Waals surface area contributed by atoms with Gasteiger partial charge in [0.1, 0.15) is 6.29 Å². The predicted octanol–water partition coefficient (Wildman–Crippen LogP) is 4.73. The lowest BCUT2D eigenvalue weighted by atomic mass is 9.71. The van der Waals surface area contributed by atoms with Crippen molar-refractivity contribution in [3.8, 4) is 0 Å². The fourth-order valence-electron chi connectivity index (χ4n) is 3.33. The fraction of sp³-hybridized carbons (Fsp3) is 0.350. The van der Waals surface area contributed by atoms with Crippen LogP contribution in [0.2, 0.25) is 0 Å². The molecule has 0 spiro atoms. The molecule has 0 radical (unpaired) electrons. The van der Waals surface area contributed by atoms with Crippen molar-refractivity contribution >= 4 is 6.29 Å². The zero-order chi connectivity index (χ0) is 15.8. The summed E-state index contributed by atoms with van der Waals surface area (Å²) in [7, 11) is 0. The van der Waals surface area contributed by atoms with Crippen LogP contribution in [0, 0.1) is 34.6 Å². The first-order valence-corrected chi connectivity index (χ1v) is 7.44. The smallest absolute Gasteiger partial charge is 0.134 e. The van der Waals surface area contributed by atoms with E-state index in [0.29, 0.717) is 0 Å². The third kappa shape index (κ3) is 2.31. The SMILES string of the molecule is Cc1c(C)c(C)c(C(C)(C=O)c2ccccc2)c(C)c1C. The number of carbonyl (C=O) groups is 1. The van der Waals surface area contributed by atoms with Gasteiger partial charge in [0.25, 0.3) is 0 Å². The van der Waals surface area contributed by atoms with Crippen LogP contribution >= 0.6 is 0 Å². The molecule has 2 aromatic carbocycles. The van der Waals surface area contributed by atoms with Crippen LogP contribution < -0.4 is 0 Å². The molecule has 2 rings (SSSR count). The second-order valence-electron chi connectivity index (χ2n) is 6.19. The molecule has 110 valence electrons. The van der Waals surface area contributed by atoms with E-state index in [1.807, 2.05) is 37.3 Å². The lowest BCUT2D eigenvalue weighted by Crippen LogP contribution is -2.28. The molecule has 1 unspecified atom stereocenters. The highest BCUT2D eigenvalue weighted by atomic mass is 16.1. The van der Waals surface area contributed by atoms with Gasteiger partial charge < -0.3 is 4.79 Å². The Morgan fingerprint density at radius 2 is 1.19 bits per heavy atom. The molecule has 0 amide bonds. The minimum Gasteiger partial charge on any atom is -0.302 e. The van der Waals surface area contributed by atoms with Gasteiger partial charge in [-0.05, 0) is 80.5 Å². The van der Waals surface area contributed by atoms with E-state index in [4.69, 9.17) is 0 Å². The molecular formula is C20H24O. The molecule has 0 aromatic heterocycles. The third-order valence-electron chi connectivity index (χ3n) is 5.13. The van der Waals surface area contributed by atoms with Gasteiger partial charge in [-0.15, -0.1) is 0 Å². The minimum absolute atomic E-state index is 0.599. The van der Waals surface area contributed by atoms with Crippen molar-refractivity contribution in [3.63, 3.8) is 0 Å². The van der Waals surface area contributed by atoms with Crippen molar-refractivity contribution in [2.24, 2.45) is 0 Å². The lowest BCUT2D eigenvalue weighted by molar-refractivity contribution is -0.111. The van der Waals surface area contributed by atoms with Crippen molar-refractivity contribution in [1.82, 2.24) is 0 Å². The Kier molecular flexibility index (Phi) is 4.04. The molecule has 0 heterocycles. The average Bonchev–Trinajstić information content (AvgIpc) is 2.51. The van der Waals surface area contributed by atoms with Gasteiger partial charge in [0, 0.05) is 0 Å². The van der Waals surface area contributed by atoms with Gasteiger partial charge in [0.05, 0.1) is 5.41 Å². The van der Waals surface area contributed by atoms with Crippen LogP contribution in [0.4, 0.5) is 0 Å². The molecule has 0 saturated heterocycles. The Balaban J connectivity index is 2.84. The highest BCUT2D eigenvalue weighted by molar-refractivity contribution is 5.77. The molecule has 0 saturated carbocycles. The van der Waals surface area contributed by atoms with Crippen LogP contribution in [-0.2, 0) is 10.2 Å². The van der Waals surface area contributed by atoms with E-state index >= 15 is 0 Å². The summed E-state index contributed by atoms with van der Waals surface area (Å²) in [4.78, 5) is 12.0. The summed E-state index contributed by atoms with van der Waals surface area (Å²) in [6.45, 7) is 12.8. The van der Waals surface area contributed by atoms with Gasteiger partial charge in [-0.25, -0.2) is 0 Å². The Morgan fingerprint density at radius 3 is 1.62 bits per heavy atom. The molecule has 2 aromatic rings. The van der Waals surface area contributed by atoms with Crippen molar-refractivity contribution in [3.05, 3.63) is 69.3 Å². The Hall–Kier alpha value is -1.89. The first-order valence-electron chi connectivity index (χ1n) is 7.44. The summed E-state index contributed by atoms with van der Waals surface area (Å²) in [6.07, 6.45) is 1.09. The van der Waals surface area contributed by atoms with Crippen molar-refractivity contribution in [1.29, 1.82) is 0 Å². The van der Waals surface area contributed by atoms with E-state index in [1.165, 1.54) is 27.8 Å². The van der Waals surface area contributed by atoms with Crippen molar-refractivity contribution in [2.75, 3.05) is 0 Å². The Bertz CT molecular complexity index is 654.